The zero-order chi connectivity index (χ0) is 9.26. The molecule has 72 valence electrons. The van der Waals surface area contributed by atoms with Crippen LogP contribution in [0.4, 0.5) is 0 Å². The second-order valence-electron chi connectivity index (χ2n) is 2.99. The lowest BCUT2D eigenvalue weighted by molar-refractivity contribution is -0.485. The summed E-state index contributed by atoms with van der Waals surface area (Å²) in [4.78, 5) is 12.0. The maximum Gasteiger partial charge on any atom is 0.271 e. The lowest BCUT2D eigenvalue weighted by Crippen LogP contribution is -2.33. The van der Waals surface area contributed by atoms with Crippen LogP contribution in [0.2, 0.25) is 0 Å². The Labute approximate surface area is 74.5 Å². The van der Waals surface area contributed by atoms with Gasteiger partial charge < -0.3 is 15.0 Å². The molecule has 0 spiro atoms. The number of epoxide rings is 1. The highest BCUT2D eigenvalue weighted by molar-refractivity contribution is 5.81. The quantitative estimate of drug-likeness (QED) is 0.341. The van der Waals surface area contributed by atoms with E-state index in [-0.39, 0.29) is 6.10 Å². The van der Waals surface area contributed by atoms with E-state index in [1.807, 2.05) is 4.90 Å². The van der Waals surface area contributed by atoms with Crippen LogP contribution in [0, 0.1) is 10.1 Å². The topological polar surface area (TPSA) is 83.3 Å². The Balaban J connectivity index is 1.95. The zero-order valence-electron chi connectivity index (χ0n) is 6.97. The van der Waals surface area contributed by atoms with E-state index < -0.39 is 5.03 Å². The number of nitro groups is 1. The fourth-order valence-corrected chi connectivity index (χ4v) is 1.29. The lowest BCUT2D eigenvalue weighted by atomic mass is 10.4. The van der Waals surface area contributed by atoms with Crippen LogP contribution in [-0.4, -0.2) is 48.2 Å². The molecule has 0 aromatic carbocycles. The maximum atomic E-state index is 10.1. The molecule has 2 fully saturated rings. The molecule has 0 saturated carbocycles. The molecule has 1 atom stereocenters. The first kappa shape index (κ1) is 8.24. The minimum atomic E-state index is -0.686. The second kappa shape index (κ2) is 3.17. The van der Waals surface area contributed by atoms with Gasteiger partial charge in [-0.25, -0.2) is 10.1 Å². The van der Waals surface area contributed by atoms with Crippen LogP contribution in [0.25, 0.3) is 0 Å². The first-order chi connectivity index (χ1) is 6.25. The molecule has 0 aromatic heterocycles. The van der Waals surface area contributed by atoms with Gasteiger partial charge in [0.15, 0.2) is 5.03 Å². The minimum Gasteiger partial charge on any atom is -0.371 e. The number of nitrogens with one attached hydrogen (secondary N) is 1. The Hall–Kier alpha value is -1.37. The van der Waals surface area contributed by atoms with Gasteiger partial charge in [-0.05, 0) is 0 Å². The van der Waals surface area contributed by atoms with Crippen molar-refractivity contribution in [3.05, 3.63) is 10.1 Å². The summed E-state index contributed by atoms with van der Waals surface area (Å²) in [5, 5.41) is 15.5. The van der Waals surface area contributed by atoms with Gasteiger partial charge in [0.25, 0.3) is 5.96 Å². The highest BCUT2D eigenvalue weighted by Crippen LogP contribution is 2.12. The maximum absolute atomic E-state index is 10.1. The number of nitrogens with zero attached hydrogens (tertiary/aromatic N) is 3. The molecule has 1 N–H and O–H groups in total. The van der Waals surface area contributed by atoms with Crippen LogP contribution in [0.15, 0.2) is 5.10 Å². The predicted octanol–water partition coefficient (Wildman–Crippen LogP) is -1.16. The molecule has 2 saturated heterocycles. The molecule has 13 heavy (non-hydrogen) atoms. The molecule has 1 unspecified atom stereocenters. The van der Waals surface area contributed by atoms with E-state index in [0.29, 0.717) is 19.0 Å². The number of ether oxygens (including phenoxy) is 1. The Bertz CT molecular complexity index is 250. The van der Waals surface area contributed by atoms with Crippen molar-refractivity contribution >= 4 is 5.96 Å². The number of hydrogen-bond acceptors (Lipinski definition) is 3. The van der Waals surface area contributed by atoms with Gasteiger partial charge in [-0.3, -0.25) is 0 Å². The first-order valence-corrected chi connectivity index (χ1v) is 4.09. The molecular formula is C6H10N4O3. The van der Waals surface area contributed by atoms with Crippen molar-refractivity contribution in [3.63, 3.8) is 0 Å². The summed E-state index contributed by atoms with van der Waals surface area (Å²) in [5.41, 5.74) is 0. The van der Waals surface area contributed by atoms with Crippen molar-refractivity contribution in [1.82, 2.24) is 10.2 Å². The van der Waals surface area contributed by atoms with Crippen molar-refractivity contribution in [2.45, 2.75) is 6.10 Å². The van der Waals surface area contributed by atoms with Crippen LogP contribution >= 0.6 is 0 Å². The second-order valence-corrected chi connectivity index (χ2v) is 2.99. The molecule has 2 rings (SSSR count). The third-order valence-corrected chi connectivity index (χ3v) is 1.97. The summed E-state index contributed by atoms with van der Waals surface area (Å²) < 4.78 is 5.03. The van der Waals surface area contributed by atoms with Crippen LogP contribution in [-0.2, 0) is 4.74 Å². The average molecular weight is 186 g/mol. The van der Waals surface area contributed by atoms with Crippen LogP contribution in [0.1, 0.15) is 0 Å². The van der Waals surface area contributed by atoms with E-state index in [2.05, 4.69) is 10.4 Å². The molecule has 2 aliphatic heterocycles. The smallest absolute Gasteiger partial charge is 0.271 e. The van der Waals surface area contributed by atoms with E-state index in [1.165, 1.54) is 0 Å². The average Bonchev–Trinajstić information content (AvgIpc) is 2.75. The molecular weight excluding hydrogens is 176 g/mol. The van der Waals surface area contributed by atoms with Gasteiger partial charge in [-0.15, -0.1) is 0 Å². The van der Waals surface area contributed by atoms with E-state index in [4.69, 9.17) is 4.74 Å². The van der Waals surface area contributed by atoms with Gasteiger partial charge in [-0.1, -0.05) is 0 Å². The van der Waals surface area contributed by atoms with Crippen LogP contribution < -0.4 is 5.32 Å². The van der Waals surface area contributed by atoms with Gasteiger partial charge in [-0.2, -0.15) is 0 Å². The summed E-state index contributed by atoms with van der Waals surface area (Å²) >= 11 is 0. The molecule has 7 nitrogen and oxygen atoms in total. The highest BCUT2D eigenvalue weighted by Gasteiger charge is 2.30. The van der Waals surface area contributed by atoms with Gasteiger partial charge in [0.1, 0.15) is 5.10 Å². The van der Waals surface area contributed by atoms with Crippen molar-refractivity contribution < 1.29 is 9.77 Å². The summed E-state index contributed by atoms with van der Waals surface area (Å²) in [7, 11) is 0. The van der Waals surface area contributed by atoms with Crippen molar-refractivity contribution in [2.75, 3.05) is 26.2 Å². The molecule has 0 amide bonds. The van der Waals surface area contributed by atoms with E-state index in [0.717, 1.165) is 13.2 Å². The number of hydrogen-bond donors (Lipinski definition) is 1. The number of rotatable bonds is 3. The molecule has 2 aliphatic rings. The molecule has 0 aliphatic carbocycles. The summed E-state index contributed by atoms with van der Waals surface area (Å²) in [6.07, 6.45) is 0.233. The fourth-order valence-electron chi connectivity index (χ4n) is 1.29. The third-order valence-electron chi connectivity index (χ3n) is 1.97. The summed E-state index contributed by atoms with van der Waals surface area (Å²) in [6.45, 7) is 2.91. The van der Waals surface area contributed by atoms with E-state index >= 15 is 0 Å². The Morgan fingerprint density at radius 3 is 3.23 bits per heavy atom. The largest absolute Gasteiger partial charge is 0.371 e. The van der Waals surface area contributed by atoms with Crippen LogP contribution in [0.5, 0.6) is 0 Å². The molecule has 0 bridgehead atoms. The molecule has 0 aromatic rings. The minimum absolute atomic E-state index is 0.233. The fraction of sp³-hybridized carbons (Fsp3) is 0.833. The monoisotopic (exact) mass is 186 g/mol. The normalized spacial score (nSPS) is 29.1. The first-order valence-electron chi connectivity index (χ1n) is 4.09. The van der Waals surface area contributed by atoms with Gasteiger partial charge in [0.2, 0.25) is 0 Å². The molecule has 0 radical (unpaired) electrons. The van der Waals surface area contributed by atoms with Crippen molar-refractivity contribution in [1.29, 1.82) is 0 Å². The number of hydrazone groups is 1. The van der Waals surface area contributed by atoms with Crippen molar-refractivity contribution in [3.8, 4) is 0 Å². The summed E-state index contributed by atoms with van der Waals surface area (Å²) in [5.74, 6) is 0.348. The molecule has 2 heterocycles. The van der Waals surface area contributed by atoms with Crippen LogP contribution in [0.3, 0.4) is 0 Å². The Morgan fingerprint density at radius 1 is 1.85 bits per heavy atom. The standard InChI is InChI=1S/C6H10N4O3/c11-10(12)8-6-7-1-2-9(6)3-5-4-13-5/h5H,1-4H2,(H,7,8). The molecule has 7 heteroatoms. The van der Waals surface area contributed by atoms with Gasteiger partial charge in [0, 0.05) is 19.6 Å². The van der Waals surface area contributed by atoms with Crippen molar-refractivity contribution in [2.24, 2.45) is 5.10 Å². The zero-order valence-corrected chi connectivity index (χ0v) is 6.97. The third kappa shape index (κ3) is 2.05. The highest BCUT2D eigenvalue weighted by atomic mass is 16.7. The number of guanidine groups is 1. The van der Waals surface area contributed by atoms with Gasteiger partial charge in [0.05, 0.1) is 12.7 Å². The SMILES string of the molecule is O=[N+]([O-])/N=C1\NCCN1CC1CO1. The Kier molecular flexibility index (Phi) is 2.01. The predicted molar refractivity (Wildman–Crippen MR) is 43.7 cm³/mol. The van der Waals surface area contributed by atoms with Gasteiger partial charge >= 0.3 is 0 Å². The lowest BCUT2D eigenvalue weighted by Gasteiger charge is -2.12. The Morgan fingerprint density at radius 2 is 2.62 bits per heavy atom. The van der Waals surface area contributed by atoms with E-state index in [9.17, 15) is 10.1 Å². The van der Waals surface area contributed by atoms with E-state index in [1.54, 1.807) is 0 Å². The summed E-state index contributed by atoms with van der Waals surface area (Å²) in [6, 6.07) is 0.